The average molecular weight is 476 g/mol. The highest BCUT2D eigenvalue weighted by Crippen LogP contribution is 2.38. The van der Waals surface area contributed by atoms with E-state index in [-0.39, 0.29) is 11.5 Å². The molecule has 0 radical (unpaired) electrons. The number of aromatic nitrogens is 3. The number of carbonyl (C=O) groups excluding carboxylic acids is 1. The number of benzene rings is 1. The van der Waals surface area contributed by atoms with Crippen molar-refractivity contribution in [2.75, 3.05) is 12.4 Å². The number of hydrogen-bond donors (Lipinski definition) is 3. The zero-order valence-electron chi connectivity index (χ0n) is 19.7. The second kappa shape index (κ2) is 10.5. The van der Waals surface area contributed by atoms with E-state index in [0.717, 1.165) is 4.57 Å². The highest BCUT2D eigenvalue weighted by Gasteiger charge is 2.31. The number of rotatable bonds is 7. The molecule has 3 aromatic rings. The van der Waals surface area contributed by atoms with Crippen LogP contribution in [0.5, 0.6) is 5.75 Å². The third kappa shape index (κ3) is 4.96. The fourth-order valence-corrected chi connectivity index (χ4v) is 3.87. The van der Waals surface area contributed by atoms with E-state index in [1.54, 1.807) is 51.4 Å². The normalized spacial score (nSPS) is 13.7. The summed E-state index contributed by atoms with van der Waals surface area (Å²) in [5.41, 5.74) is 7.65. The molecule has 2 heterocycles. The van der Waals surface area contributed by atoms with Gasteiger partial charge in [-0.05, 0) is 24.1 Å². The predicted octanol–water partition coefficient (Wildman–Crippen LogP) is 2.42. The van der Waals surface area contributed by atoms with Crippen LogP contribution >= 0.6 is 0 Å². The summed E-state index contributed by atoms with van der Waals surface area (Å²) in [5.74, 6) is -2.62. The zero-order chi connectivity index (χ0) is 25.7. The quantitative estimate of drug-likeness (QED) is 0.437. The van der Waals surface area contributed by atoms with Crippen LogP contribution in [0.3, 0.4) is 0 Å². The molecule has 11 nitrogen and oxygen atoms in total. The zero-order valence-corrected chi connectivity index (χ0v) is 19.7. The monoisotopic (exact) mass is 475 g/mol. The Morgan fingerprint density at radius 2 is 2.11 bits per heavy atom. The molecular formula is C24H25N7O4. The van der Waals surface area contributed by atoms with Gasteiger partial charge in [-0.2, -0.15) is 5.26 Å². The number of hydrogen-bond acceptors (Lipinski definition) is 9. The van der Waals surface area contributed by atoms with Crippen LogP contribution in [-0.2, 0) is 7.05 Å². The molecule has 11 heteroatoms. The highest BCUT2D eigenvalue weighted by atomic mass is 16.5. The van der Waals surface area contributed by atoms with E-state index in [1.165, 1.54) is 19.5 Å². The summed E-state index contributed by atoms with van der Waals surface area (Å²) >= 11 is 0. The topological polar surface area (TPSA) is 172 Å². The molecule has 0 bridgehead atoms. The molecule has 2 unspecified atom stereocenters. The molecule has 35 heavy (non-hydrogen) atoms. The maximum atomic E-state index is 12.9. The largest absolute Gasteiger partial charge is 0.501 e. The first-order chi connectivity index (χ1) is 16.7. The molecular weight excluding hydrogens is 450 g/mol. The first-order valence-electron chi connectivity index (χ1n) is 10.6. The van der Waals surface area contributed by atoms with Crippen LogP contribution in [0.2, 0.25) is 0 Å². The molecule has 0 fully saturated rings. The van der Waals surface area contributed by atoms with Crippen LogP contribution in [-0.4, -0.2) is 39.0 Å². The van der Waals surface area contributed by atoms with E-state index in [2.05, 4.69) is 31.0 Å². The molecule has 1 aromatic carbocycles. The van der Waals surface area contributed by atoms with Gasteiger partial charge >= 0.3 is 0 Å². The molecule has 0 spiro atoms. The summed E-state index contributed by atoms with van der Waals surface area (Å²) in [4.78, 5) is 34.0. The van der Waals surface area contributed by atoms with E-state index in [1.807, 2.05) is 0 Å². The van der Waals surface area contributed by atoms with Gasteiger partial charge in [-0.25, -0.2) is 4.98 Å². The van der Waals surface area contributed by atoms with Crippen LogP contribution in [0.25, 0.3) is 0 Å². The van der Waals surface area contributed by atoms with Gasteiger partial charge in [0.25, 0.3) is 11.5 Å². The van der Waals surface area contributed by atoms with Crippen molar-refractivity contribution in [3.05, 3.63) is 81.0 Å². The Kier molecular flexibility index (Phi) is 7.46. The molecule has 0 saturated carbocycles. The highest BCUT2D eigenvalue weighted by molar-refractivity contribution is 6.04. The number of anilines is 1. The first-order valence-corrected chi connectivity index (χ1v) is 10.6. The Labute approximate surface area is 201 Å². The summed E-state index contributed by atoms with van der Waals surface area (Å²) in [7, 11) is 3.06. The van der Waals surface area contributed by atoms with Crippen LogP contribution < -0.4 is 16.6 Å². The molecule has 2 aromatic heterocycles. The van der Waals surface area contributed by atoms with Crippen LogP contribution in [0.4, 0.5) is 5.69 Å². The number of nitrogens with one attached hydrogen (secondary N) is 1. The lowest BCUT2D eigenvalue weighted by molar-refractivity contribution is 0.101. The average Bonchev–Trinajstić information content (AvgIpc) is 3.36. The summed E-state index contributed by atoms with van der Waals surface area (Å²) in [5, 5.41) is 26.1. The van der Waals surface area contributed by atoms with Gasteiger partial charge in [0.15, 0.2) is 5.69 Å². The number of amides is 1. The van der Waals surface area contributed by atoms with Gasteiger partial charge in [0.2, 0.25) is 5.75 Å². The maximum absolute atomic E-state index is 12.9. The van der Waals surface area contributed by atoms with Crippen molar-refractivity contribution in [2.45, 2.75) is 25.7 Å². The third-order valence-electron chi connectivity index (χ3n) is 5.64. The van der Waals surface area contributed by atoms with Crippen LogP contribution in [0, 0.1) is 11.3 Å². The second-order valence-corrected chi connectivity index (χ2v) is 7.89. The molecule has 0 aliphatic heterocycles. The predicted molar refractivity (Wildman–Crippen MR) is 129 cm³/mol. The van der Waals surface area contributed by atoms with Crippen molar-refractivity contribution in [3.8, 4) is 11.8 Å². The van der Waals surface area contributed by atoms with Gasteiger partial charge in [-0.3, -0.25) is 19.1 Å². The second-order valence-electron chi connectivity index (χ2n) is 7.89. The number of allylic oxidation sites excluding steroid dienone is 2. The van der Waals surface area contributed by atoms with Crippen molar-refractivity contribution in [1.29, 1.82) is 5.26 Å². The summed E-state index contributed by atoms with van der Waals surface area (Å²) < 4.78 is 5.85. The molecule has 180 valence electrons. The number of aromatic hydroxyl groups is 1. The van der Waals surface area contributed by atoms with Crippen molar-refractivity contribution in [2.24, 2.45) is 17.8 Å². The number of aliphatic imine (C=N–C) groups is 1. The molecule has 0 saturated heterocycles. The molecule has 2 atom stereocenters. The molecule has 4 N–H and O–H groups in total. The minimum Gasteiger partial charge on any atom is -0.501 e. The summed E-state index contributed by atoms with van der Waals surface area (Å²) in [6.07, 6.45) is 4.06. The molecule has 1 amide bonds. The smallest absolute Gasteiger partial charge is 0.296 e. The van der Waals surface area contributed by atoms with E-state index < -0.39 is 34.7 Å². The Morgan fingerprint density at radius 3 is 2.74 bits per heavy atom. The van der Waals surface area contributed by atoms with Gasteiger partial charge in [0, 0.05) is 37.8 Å². The minimum absolute atomic E-state index is 0.185. The van der Waals surface area contributed by atoms with Crippen molar-refractivity contribution in [1.82, 2.24) is 14.7 Å². The number of nitrogens with two attached hydrogens (primary N) is 1. The van der Waals surface area contributed by atoms with Crippen molar-refractivity contribution in [3.63, 3.8) is 0 Å². The van der Waals surface area contributed by atoms with Gasteiger partial charge < -0.3 is 20.7 Å². The summed E-state index contributed by atoms with van der Waals surface area (Å²) in [6, 6.07) is 9.16. The maximum Gasteiger partial charge on any atom is 0.296 e. The fourth-order valence-electron chi connectivity index (χ4n) is 3.87. The lowest BCUT2D eigenvalue weighted by Gasteiger charge is -2.28. The van der Waals surface area contributed by atoms with Crippen LogP contribution in [0.1, 0.15) is 53.1 Å². The lowest BCUT2D eigenvalue weighted by Crippen LogP contribution is -2.30. The van der Waals surface area contributed by atoms with Gasteiger partial charge in [-0.1, -0.05) is 30.3 Å². The van der Waals surface area contributed by atoms with E-state index >= 15 is 0 Å². The van der Waals surface area contributed by atoms with E-state index in [4.69, 9.17) is 5.73 Å². The Morgan fingerprint density at radius 1 is 1.40 bits per heavy atom. The molecule has 0 aliphatic rings. The van der Waals surface area contributed by atoms with Gasteiger partial charge in [0.1, 0.15) is 17.8 Å². The molecule has 3 rings (SSSR count). The minimum atomic E-state index is -0.816. The van der Waals surface area contributed by atoms with Crippen LogP contribution in [0.15, 0.2) is 62.3 Å². The molecule has 0 aliphatic carbocycles. The Balaban J connectivity index is 2.21. The Hall–Kier alpha value is -4.72. The van der Waals surface area contributed by atoms with Crippen molar-refractivity contribution < 1.29 is 14.4 Å². The number of nitriles is 1. The SMILES string of the molecule is CN=C/C(C)=C(\N)C(c1ccccc1C#N)C(C)c1nc(C(=O)Nc2cnoc2)c(O)c(=O)n1C. The lowest BCUT2D eigenvalue weighted by atomic mass is 9.80. The Bertz CT molecular complexity index is 1400. The van der Waals surface area contributed by atoms with Crippen molar-refractivity contribution >= 4 is 17.8 Å². The fraction of sp³-hybridized carbons (Fsp3) is 0.250. The third-order valence-corrected chi connectivity index (χ3v) is 5.64. The van der Waals surface area contributed by atoms with E-state index in [0.29, 0.717) is 22.4 Å². The standard InChI is InChI=1S/C24H25N7O4/c1-13(10-27-3)19(26)18(17-8-6-5-7-15(17)9-25)14(2)22-30-20(21(32)24(34)31(22)4)23(33)29-16-11-28-35-12-16/h5-8,10-12,14,18,32H,26H2,1-4H3,(H,29,33)/b19-13-,27-10?. The van der Waals surface area contributed by atoms with E-state index in [9.17, 15) is 20.0 Å². The first kappa shape index (κ1) is 24.9. The summed E-state index contributed by atoms with van der Waals surface area (Å²) in [6.45, 7) is 3.57. The number of nitrogens with zero attached hydrogens (tertiary/aromatic N) is 5. The van der Waals surface area contributed by atoms with Gasteiger partial charge in [-0.15, -0.1) is 0 Å². The number of carbonyl (C=O) groups is 1. The van der Waals surface area contributed by atoms with Gasteiger partial charge in [0.05, 0.1) is 17.8 Å².